The first-order valence-electron chi connectivity index (χ1n) is 5.83. The fourth-order valence-electron chi connectivity index (χ4n) is 1.38. The van der Waals surface area contributed by atoms with Crippen molar-refractivity contribution in [2.75, 3.05) is 20.3 Å². The summed E-state index contributed by atoms with van der Waals surface area (Å²) in [6.07, 6.45) is 0.238. The summed E-state index contributed by atoms with van der Waals surface area (Å²) in [6, 6.07) is 7.03. The van der Waals surface area contributed by atoms with Crippen LogP contribution in [0.4, 0.5) is 0 Å². The van der Waals surface area contributed by atoms with E-state index in [0.717, 1.165) is 0 Å². The number of benzene rings is 1. The summed E-state index contributed by atoms with van der Waals surface area (Å²) in [5.41, 5.74) is 0. The van der Waals surface area contributed by atoms with Gasteiger partial charge < -0.3 is 19.9 Å². The number of aliphatic hydroxyl groups excluding tert-OH is 1. The molecule has 0 spiro atoms. The van der Waals surface area contributed by atoms with E-state index in [2.05, 4.69) is 5.32 Å². The fourth-order valence-corrected chi connectivity index (χ4v) is 1.38. The summed E-state index contributed by atoms with van der Waals surface area (Å²) in [7, 11) is 1.57. The number of para-hydroxylation sites is 2. The molecule has 1 unspecified atom stereocenters. The zero-order valence-electron chi connectivity index (χ0n) is 10.7. The van der Waals surface area contributed by atoms with E-state index in [0.29, 0.717) is 11.5 Å². The fraction of sp³-hybridized carbons (Fsp3) is 0.462. The van der Waals surface area contributed by atoms with Crippen LogP contribution in [0, 0.1) is 0 Å². The summed E-state index contributed by atoms with van der Waals surface area (Å²) in [4.78, 5) is 11.4. The van der Waals surface area contributed by atoms with Crippen LogP contribution >= 0.6 is 0 Å². The maximum absolute atomic E-state index is 11.4. The average molecular weight is 253 g/mol. The van der Waals surface area contributed by atoms with Crippen molar-refractivity contribution in [3.05, 3.63) is 24.3 Å². The van der Waals surface area contributed by atoms with Gasteiger partial charge in [-0.05, 0) is 19.1 Å². The van der Waals surface area contributed by atoms with E-state index < -0.39 is 0 Å². The monoisotopic (exact) mass is 253 g/mol. The van der Waals surface area contributed by atoms with E-state index in [1.807, 2.05) is 12.1 Å². The number of nitrogens with one attached hydrogen (secondary N) is 1. The van der Waals surface area contributed by atoms with Gasteiger partial charge in [0, 0.05) is 6.04 Å². The molecule has 0 bridgehead atoms. The smallest absolute Gasteiger partial charge is 0.223 e. The lowest BCUT2D eigenvalue weighted by Gasteiger charge is -2.12. The molecule has 2 N–H and O–H groups in total. The highest BCUT2D eigenvalue weighted by atomic mass is 16.5. The number of rotatable bonds is 7. The van der Waals surface area contributed by atoms with Crippen molar-refractivity contribution in [1.82, 2.24) is 5.32 Å². The van der Waals surface area contributed by atoms with Crippen LogP contribution in [0.25, 0.3) is 0 Å². The Balaban J connectivity index is 2.35. The van der Waals surface area contributed by atoms with Crippen molar-refractivity contribution < 1.29 is 19.4 Å². The van der Waals surface area contributed by atoms with E-state index >= 15 is 0 Å². The van der Waals surface area contributed by atoms with Crippen LogP contribution in [0.2, 0.25) is 0 Å². The normalized spacial score (nSPS) is 11.7. The molecule has 0 saturated carbocycles. The average Bonchev–Trinajstić information content (AvgIpc) is 2.39. The topological polar surface area (TPSA) is 67.8 Å². The van der Waals surface area contributed by atoms with Gasteiger partial charge in [-0.25, -0.2) is 0 Å². The zero-order chi connectivity index (χ0) is 13.4. The van der Waals surface area contributed by atoms with Gasteiger partial charge >= 0.3 is 0 Å². The van der Waals surface area contributed by atoms with Gasteiger partial charge in [-0.1, -0.05) is 12.1 Å². The van der Waals surface area contributed by atoms with Gasteiger partial charge in [-0.2, -0.15) is 0 Å². The van der Waals surface area contributed by atoms with E-state index in [4.69, 9.17) is 14.6 Å². The van der Waals surface area contributed by atoms with Gasteiger partial charge in [0.2, 0.25) is 5.91 Å². The number of hydrogen-bond acceptors (Lipinski definition) is 4. The first-order chi connectivity index (χ1) is 8.67. The number of amides is 1. The second kappa shape index (κ2) is 7.55. The third-order valence-electron chi connectivity index (χ3n) is 2.34. The van der Waals surface area contributed by atoms with E-state index in [1.54, 1.807) is 26.2 Å². The predicted molar refractivity (Wildman–Crippen MR) is 67.8 cm³/mol. The molecule has 0 saturated heterocycles. The molecule has 1 atom stereocenters. The molecule has 18 heavy (non-hydrogen) atoms. The summed E-state index contributed by atoms with van der Waals surface area (Å²) >= 11 is 0. The molecule has 0 heterocycles. The van der Waals surface area contributed by atoms with Gasteiger partial charge in [0.1, 0.15) is 0 Å². The SMILES string of the molecule is COc1ccccc1OCCC(=O)NC(C)CO. The van der Waals surface area contributed by atoms with Crippen molar-refractivity contribution >= 4 is 5.91 Å². The third kappa shape index (κ3) is 4.63. The van der Waals surface area contributed by atoms with Crippen LogP contribution in [0.3, 0.4) is 0 Å². The molecule has 0 aliphatic rings. The van der Waals surface area contributed by atoms with Crippen LogP contribution in [0.1, 0.15) is 13.3 Å². The minimum atomic E-state index is -0.233. The highest BCUT2D eigenvalue weighted by Crippen LogP contribution is 2.25. The molecule has 5 nitrogen and oxygen atoms in total. The van der Waals surface area contributed by atoms with Crippen molar-refractivity contribution in [3.63, 3.8) is 0 Å². The van der Waals surface area contributed by atoms with Crippen molar-refractivity contribution in [1.29, 1.82) is 0 Å². The first-order valence-corrected chi connectivity index (χ1v) is 5.83. The number of hydrogen-bond donors (Lipinski definition) is 2. The van der Waals surface area contributed by atoms with E-state index in [-0.39, 0.29) is 31.6 Å². The lowest BCUT2D eigenvalue weighted by molar-refractivity contribution is -0.122. The molecule has 0 radical (unpaired) electrons. The molecule has 0 fully saturated rings. The highest BCUT2D eigenvalue weighted by Gasteiger charge is 2.07. The van der Waals surface area contributed by atoms with Gasteiger partial charge in [-0.15, -0.1) is 0 Å². The Morgan fingerprint density at radius 3 is 2.67 bits per heavy atom. The summed E-state index contributed by atoms with van der Waals surface area (Å²) in [6.45, 7) is 1.93. The minimum absolute atomic E-state index is 0.0703. The lowest BCUT2D eigenvalue weighted by Crippen LogP contribution is -2.35. The van der Waals surface area contributed by atoms with E-state index in [1.165, 1.54) is 0 Å². The summed E-state index contributed by atoms with van der Waals surface area (Å²) in [5.74, 6) is 1.11. The maximum atomic E-state index is 11.4. The Labute approximate surface area is 107 Å². The number of methoxy groups -OCH3 is 1. The van der Waals surface area contributed by atoms with Crippen LogP contribution in [-0.2, 0) is 4.79 Å². The van der Waals surface area contributed by atoms with Crippen molar-refractivity contribution in [2.45, 2.75) is 19.4 Å². The van der Waals surface area contributed by atoms with Crippen LogP contribution < -0.4 is 14.8 Å². The van der Waals surface area contributed by atoms with Crippen molar-refractivity contribution in [2.24, 2.45) is 0 Å². The lowest BCUT2D eigenvalue weighted by atomic mass is 10.3. The highest BCUT2D eigenvalue weighted by molar-refractivity contribution is 5.76. The Kier molecular flexibility index (Phi) is 6.00. The summed E-state index contributed by atoms with van der Waals surface area (Å²) < 4.78 is 10.6. The molecular weight excluding hydrogens is 234 g/mol. The molecule has 0 aliphatic carbocycles. The standard InChI is InChI=1S/C13H19NO4/c1-10(9-15)14-13(16)7-8-18-12-6-4-3-5-11(12)17-2/h3-6,10,15H,7-9H2,1-2H3,(H,14,16). The van der Waals surface area contributed by atoms with Gasteiger partial charge in [0.25, 0.3) is 0 Å². The minimum Gasteiger partial charge on any atom is -0.493 e. The molecule has 100 valence electrons. The number of carbonyl (C=O) groups excluding carboxylic acids is 1. The van der Waals surface area contributed by atoms with Crippen LogP contribution in [-0.4, -0.2) is 37.4 Å². The molecule has 0 aromatic heterocycles. The first kappa shape index (κ1) is 14.3. The molecule has 0 aliphatic heterocycles. The molecule has 1 amide bonds. The van der Waals surface area contributed by atoms with Gasteiger partial charge in [-0.3, -0.25) is 4.79 Å². The molecule has 1 aromatic carbocycles. The van der Waals surface area contributed by atoms with Gasteiger partial charge in [0.15, 0.2) is 11.5 Å². The molecule has 1 rings (SSSR count). The van der Waals surface area contributed by atoms with E-state index in [9.17, 15) is 4.79 Å². The Bertz CT molecular complexity index is 381. The predicted octanol–water partition coefficient (Wildman–Crippen LogP) is 0.961. The second-order valence-corrected chi connectivity index (χ2v) is 3.90. The zero-order valence-corrected chi connectivity index (χ0v) is 10.7. The maximum Gasteiger partial charge on any atom is 0.223 e. The molecular formula is C13H19NO4. The van der Waals surface area contributed by atoms with Gasteiger partial charge in [0.05, 0.1) is 26.7 Å². The largest absolute Gasteiger partial charge is 0.493 e. The third-order valence-corrected chi connectivity index (χ3v) is 2.34. The molecule has 5 heteroatoms. The number of ether oxygens (including phenoxy) is 2. The molecule has 1 aromatic rings. The Morgan fingerprint density at radius 1 is 1.39 bits per heavy atom. The summed E-state index contributed by atoms with van der Waals surface area (Å²) in [5, 5.41) is 11.4. The Morgan fingerprint density at radius 2 is 2.06 bits per heavy atom. The van der Waals surface area contributed by atoms with Crippen LogP contribution in [0.15, 0.2) is 24.3 Å². The Hall–Kier alpha value is -1.75. The quantitative estimate of drug-likeness (QED) is 0.759. The second-order valence-electron chi connectivity index (χ2n) is 3.90. The number of aliphatic hydroxyl groups is 1. The van der Waals surface area contributed by atoms with Crippen LogP contribution in [0.5, 0.6) is 11.5 Å². The van der Waals surface area contributed by atoms with Crippen molar-refractivity contribution in [3.8, 4) is 11.5 Å². The number of carbonyl (C=O) groups is 1.